The highest BCUT2D eigenvalue weighted by molar-refractivity contribution is 6.62. The molecule has 0 aromatic heterocycles. The van der Waals surface area contributed by atoms with Gasteiger partial charge < -0.3 is 18.9 Å². The number of likely N-dealkylation sites (tertiary alicyclic amines) is 1. The number of ether oxygens (including phenoxy) is 1. The van der Waals surface area contributed by atoms with Crippen molar-refractivity contribution in [3.8, 4) is 6.07 Å². The van der Waals surface area contributed by atoms with E-state index in [1.807, 2.05) is 66.7 Å². The summed E-state index contributed by atoms with van der Waals surface area (Å²) < 4.78 is 17.6. The van der Waals surface area contributed by atoms with E-state index in [9.17, 15) is 10.1 Å². The van der Waals surface area contributed by atoms with Crippen molar-refractivity contribution in [3.63, 3.8) is 0 Å². The van der Waals surface area contributed by atoms with E-state index in [1.54, 1.807) is 4.90 Å². The Morgan fingerprint density at radius 3 is 2.29 bits per heavy atom. The highest BCUT2D eigenvalue weighted by Crippen LogP contribution is 2.37. The zero-order valence-corrected chi connectivity index (χ0v) is 17.8. The molecule has 0 unspecified atom stereocenters. The molecule has 3 rings (SSSR count). The van der Waals surface area contributed by atoms with Crippen molar-refractivity contribution >= 4 is 18.7 Å². The van der Waals surface area contributed by atoms with Gasteiger partial charge in [-0.2, -0.15) is 5.26 Å². The van der Waals surface area contributed by atoms with Crippen LogP contribution in [0.25, 0.3) is 0 Å². The molecule has 0 aliphatic carbocycles. The van der Waals surface area contributed by atoms with Gasteiger partial charge in [0.05, 0.1) is 22.8 Å². The number of hydrogen-bond donors (Lipinski definition) is 0. The summed E-state index contributed by atoms with van der Waals surface area (Å²) in [6.45, 7) is 14.7. The molecule has 0 saturated carbocycles. The molecule has 0 bridgehead atoms. The SMILES string of the molecule is CC(C)(C)OC(=O)N1CC(c2ccc(B3OC(C)(C)C(C)(C)O3)cc2C#N)C1. The monoisotopic (exact) mass is 384 g/mol. The van der Waals surface area contributed by atoms with Gasteiger partial charge in [0.25, 0.3) is 0 Å². The van der Waals surface area contributed by atoms with Crippen molar-refractivity contribution in [2.24, 2.45) is 0 Å². The van der Waals surface area contributed by atoms with Crippen LogP contribution in [0, 0.1) is 11.3 Å². The van der Waals surface area contributed by atoms with Gasteiger partial charge in [-0.25, -0.2) is 4.79 Å². The van der Waals surface area contributed by atoms with Crippen molar-refractivity contribution in [3.05, 3.63) is 29.3 Å². The molecule has 150 valence electrons. The Bertz CT molecular complexity index is 801. The summed E-state index contributed by atoms with van der Waals surface area (Å²) in [6, 6.07) is 8.03. The number of hydrogen-bond acceptors (Lipinski definition) is 5. The van der Waals surface area contributed by atoms with Gasteiger partial charge in [-0.05, 0) is 65.6 Å². The Labute approximate surface area is 167 Å². The van der Waals surface area contributed by atoms with Crippen LogP contribution >= 0.6 is 0 Å². The van der Waals surface area contributed by atoms with E-state index >= 15 is 0 Å². The summed E-state index contributed by atoms with van der Waals surface area (Å²) in [6.07, 6.45) is -0.309. The lowest BCUT2D eigenvalue weighted by atomic mass is 9.76. The summed E-state index contributed by atoms with van der Waals surface area (Å²) in [5, 5.41) is 9.65. The van der Waals surface area contributed by atoms with Gasteiger partial charge in [-0.3, -0.25) is 0 Å². The van der Waals surface area contributed by atoms with Gasteiger partial charge in [0, 0.05) is 19.0 Å². The summed E-state index contributed by atoms with van der Waals surface area (Å²) in [5.41, 5.74) is 1.02. The van der Waals surface area contributed by atoms with Crippen LogP contribution in [-0.4, -0.2) is 48.0 Å². The third kappa shape index (κ3) is 3.89. The second kappa shape index (κ2) is 6.79. The van der Waals surface area contributed by atoms with Crippen LogP contribution in [-0.2, 0) is 14.0 Å². The van der Waals surface area contributed by atoms with Crippen molar-refractivity contribution in [2.45, 2.75) is 71.2 Å². The van der Waals surface area contributed by atoms with E-state index in [0.717, 1.165) is 11.0 Å². The van der Waals surface area contributed by atoms with Crippen LogP contribution in [0.15, 0.2) is 18.2 Å². The van der Waals surface area contributed by atoms with Gasteiger partial charge in [-0.15, -0.1) is 0 Å². The first-order chi connectivity index (χ1) is 12.8. The van der Waals surface area contributed by atoms with Gasteiger partial charge in [-0.1, -0.05) is 12.1 Å². The lowest BCUT2D eigenvalue weighted by Crippen LogP contribution is -2.50. The predicted molar refractivity (Wildman–Crippen MR) is 107 cm³/mol. The van der Waals surface area contributed by atoms with Crippen LogP contribution in [0.5, 0.6) is 0 Å². The molecule has 0 N–H and O–H groups in total. The molecule has 2 aliphatic heterocycles. The number of amides is 1. The molecule has 1 aromatic carbocycles. The first-order valence-electron chi connectivity index (χ1n) is 9.70. The van der Waals surface area contributed by atoms with E-state index in [-0.39, 0.29) is 12.0 Å². The molecule has 2 fully saturated rings. The Balaban J connectivity index is 1.71. The molecule has 0 radical (unpaired) electrons. The molecule has 7 heteroatoms. The fourth-order valence-electron chi connectivity index (χ4n) is 3.30. The van der Waals surface area contributed by atoms with E-state index in [2.05, 4.69) is 6.07 Å². The Morgan fingerprint density at radius 1 is 1.21 bits per heavy atom. The smallest absolute Gasteiger partial charge is 0.444 e. The first-order valence-corrected chi connectivity index (χ1v) is 9.70. The maximum Gasteiger partial charge on any atom is 0.494 e. The number of nitrogens with zero attached hydrogens (tertiary/aromatic N) is 2. The Morgan fingerprint density at radius 2 is 1.79 bits per heavy atom. The maximum absolute atomic E-state index is 12.1. The first kappa shape index (κ1) is 20.7. The third-order valence-electron chi connectivity index (χ3n) is 5.70. The average Bonchev–Trinajstić information content (AvgIpc) is 2.72. The Kier molecular flexibility index (Phi) is 5.02. The van der Waals surface area contributed by atoms with Crippen molar-refractivity contribution in [2.75, 3.05) is 13.1 Å². The van der Waals surface area contributed by atoms with Crippen LogP contribution < -0.4 is 5.46 Å². The molecule has 2 aliphatic rings. The minimum absolute atomic E-state index is 0.134. The van der Waals surface area contributed by atoms with Gasteiger partial charge in [0.15, 0.2) is 0 Å². The molecule has 2 heterocycles. The minimum Gasteiger partial charge on any atom is -0.444 e. The lowest BCUT2D eigenvalue weighted by molar-refractivity contribution is 0.00578. The quantitative estimate of drug-likeness (QED) is 0.733. The zero-order chi connectivity index (χ0) is 20.9. The molecule has 2 saturated heterocycles. The number of carbonyl (C=O) groups excluding carboxylic acids is 1. The van der Waals surface area contributed by atoms with Crippen LogP contribution in [0.2, 0.25) is 0 Å². The molecule has 0 atom stereocenters. The van der Waals surface area contributed by atoms with Gasteiger partial charge >= 0.3 is 13.2 Å². The molecular formula is C21H29BN2O4. The van der Waals surface area contributed by atoms with Crippen molar-refractivity contribution in [1.29, 1.82) is 5.26 Å². The zero-order valence-electron chi connectivity index (χ0n) is 17.8. The Hall–Kier alpha value is -2.04. The largest absolute Gasteiger partial charge is 0.494 e. The highest BCUT2D eigenvalue weighted by Gasteiger charge is 2.51. The lowest BCUT2D eigenvalue weighted by Gasteiger charge is -2.40. The number of rotatable bonds is 2. The predicted octanol–water partition coefficient (Wildman–Crippen LogP) is 3.19. The van der Waals surface area contributed by atoms with Gasteiger partial charge in [0.1, 0.15) is 5.60 Å². The second-order valence-electron chi connectivity index (χ2n) is 9.63. The topological polar surface area (TPSA) is 71.8 Å². The van der Waals surface area contributed by atoms with Crippen LogP contribution in [0.3, 0.4) is 0 Å². The average molecular weight is 384 g/mol. The molecule has 1 amide bonds. The normalized spacial score (nSPS) is 21.2. The number of benzene rings is 1. The summed E-state index contributed by atoms with van der Waals surface area (Å²) in [7, 11) is -0.495. The standard InChI is InChI=1S/C21H29BN2O4/c1-19(2,3)26-18(25)24-12-15(13-24)17-9-8-16(10-14(17)11-23)22-27-20(4,5)21(6,7)28-22/h8-10,15H,12-13H2,1-7H3. The molecule has 1 aromatic rings. The second-order valence-corrected chi connectivity index (χ2v) is 9.63. The molecule has 0 spiro atoms. The van der Waals surface area contributed by atoms with Crippen LogP contribution in [0.1, 0.15) is 65.5 Å². The van der Waals surface area contributed by atoms with E-state index in [1.165, 1.54) is 0 Å². The number of carbonyl (C=O) groups is 1. The fourth-order valence-corrected chi connectivity index (χ4v) is 3.30. The summed E-state index contributed by atoms with van der Waals surface area (Å²) >= 11 is 0. The number of nitriles is 1. The van der Waals surface area contributed by atoms with Gasteiger partial charge in [0.2, 0.25) is 0 Å². The van der Waals surface area contributed by atoms with Crippen molar-refractivity contribution in [1.82, 2.24) is 4.90 Å². The highest BCUT2D eigenvalue weighted by atomic mass is 16.7. The van der Waals surface area contributed by atoms with Crippen LogP contribution in [0.4, 0.5) is 4.79 Å². The summed E-state index contributed by atoms with van der Waals surface area (Å²) in [4.78, 5) is 13.8. The third-order valence-corrected chi connectivity index (χ3v) is 5.70. The fraction of sp³-hybridized carbons (Fsp3) is 0.619. The van der Waals surface area contributed by atoms with E-state index < -0.39 is 23.9 Å². The minimum atomic E-state index is -0.509. The van der Waals surface area contributed by atoms with E-state index in [0.29, 0.717) is 18.7 Å². The molecule has 6 nitrogen and oxygen atoms in total. The van der Waals surface area contributed by atoms with E-state index in [4.69, 9.17) is 14.0 Å². The molecular weight excluding hydrogens is 355 g/mol. The maximum atomic E-state index is 12.1. The summed E-state index contributed by atoms with van der Waals surface area (Å²) in [5.74, 6) is 0.134. The molecule has 28 heavy (non-hydrogen) atoms. The van der Waals surface area contributed by atoms with Crippen molar-refractivity contribution < 1.29 is 18.8 Å².